The molecule has 4 nitrogen and oxygen atoms in total. The summed E-state index contributed by atoms with van der Waals surface area (Å²) in [5.41, 5.74) is 0.800. The van der Waals surface area contributed by atoms with Gasteiger partial charge in [-0.1, -0.05) is 0 Å². The fourth-order valence-corrected chi connectivity index (χ4v) is 1.58. The number of piperazine rings is 1. The third-order valence-corrected chi connectivity index (χ3v) is 2.36. The highest BCUT2D eigenvalue weighted by Gasteiger charge is 2.11. The largest absolute Gasteiger partial charge is 0.450 e. The van der Waals surface area contributed by atoms with E-state index in [1.54, 1.807) is 12.3 Å². The standard InChI is InChI=1S/C9H13BN3O/c14-10-8-1-2-12-9(7-8)13-5-3-11-4-6-13/h1-2,7,11,14H,3-6H2. The third-order valence-electron chi connectivity index (χ3n) is 2.36. The predicted octanol–water partition coefficient (Wildman–Crippen LogP) is -1.27. The van der Waals surface area contributed by atoms with Crippen molar-refractivity contribution < 1.29 is 5.02 Å². The Kier molecular flexibility index (Phi) is 3.01. The Balaban J connectivity index is 2.13. The normalized spacial score (nSPS) is 16.8. The third kappa shape index (κ3) is 2.05. The number of hydrogen-bond acceptors (Lipinski definition) is 4. The summed E-state index contributed by atoms with van der Waals surface area (Å²) in [6.07, 6.45) is 1.72. The van der Waals surface area contributed by atoms with Gasteiger partial charge in [-0.2, -0.15) is 0 Å². The molecular formula is C9H13BN3O. The number of nitrogens with zero attached hydrogens (tertiary/aromatic N) is 2. The molecule has 0 amide bonds. The summed E-state index contributed by atoms with van der Waals surface area (Å²) in [6.45, 7) is 3.94. The monoisotopic (exact) mass is 190 g/mol. The summed E-state index contributed by atoms with van der Waals surface area (Å²) in [4.78, 5) is 6.49. The molecule has 1 aromatic rings. The maximum Gasteiger partial charge on any atom is 0.326 e. The highest BCUT2D eigenvalue weighted by molar-refractivity contribution is 6.45. The van der Waals surface area contributed by atoms with Crippen LogP contribution in [0.25, 0.3) is 0 Å². The van der Waals surface area contributed by atoms with Crippen LogP contribution in [0, 0.1) is 0 Å². The van der Waals surface area contributed by atoms with Gasteiger partial charge < -0.3 is 15.2 Å². The summed E-state index contributed by atoms with van der Waals surface area (Å²) >= 11 is 0. The maximum atomic E-state index is 8.88. The fraction of sp³-hybridized carbons (Fsp3) is 0.444. The molecule has 0 aromatic carbocycles. The second-order valence-electron chi connectivity index (χ2n) is 3.31. The molecule has 0 aliphatic carbocycles. The molecule has 0 spiro atoms. The van der Waals surface area contributed by atoms with Crippen molar-refractivity contribution in [1.29, 1.82) is 0 Å². The number of nitrogens with one attached hydrogen (secondary N) is 1. The van der Waals surface area contributed by atoms with E-state index in [9.17, 15) is 0 Å². The van der Waals surface area contributed by atoms with Crippen LogP contribution >= 0.6 is 0 Å². The van der Waals surface area contributed by atoms with Gasteiger partial charge in [-0.25, -0.2) is 4.98 Å². The van der Waals surface area contributed by atoms with Gasteiger partial charge in [-0.15, -0.1) is 0 Å². The molecule has 14 heavy (non-hydrogen) atoms. The molecule has 0 atom stereocenters. The van der Waals surface area contributed by atoms with Crippen LogP contribution in [-0.4, -0.2) is 43.7 Å². The zero-order valence-corrected chi connectivity index (χ0v) is 7.98. The lowest BCUT2D eigenvalue weighted by Gasteiger charge is -2.28. The first kappa shape index (κ1) is 9.49. The van der Waals surface area contributed by atoms with Gasteiger partial charge in [0, 0.05) is 32.4 Å². The van der Waals surface area contributed by atoms with E-state index in [-0.39, 0.29) is 0 Å². The number of pyridine rings is 1. The molecule has 1 aromatic heterocycles. The lowest BCUT2D eigenvalue weighted by atomic mass is 9.90. The van der Waals surface area contributed by atoms with E-state index in [0.717, 1.165) is 44.9 Å². The van der Waals surface area contributed by atoms with Gasteiger partial charge in [0.25, 0.3) is 0 Å². The van der Waals surface area contributed by atoms with Crippen LogP contribution in [0.5, 0.6) is 0 Å². The van der Waals surface area contributed by atoms with E-state index >= 15 is 0 Å². The zero-order chi connectivity index (χ0) is 9.80. The first-order valence-corrected chi connectivity index (χ1v) is 4.79. The van der Waals surface area contributed by atoms with Crippen LogP contribution in [0.4, 0.5) is 5.82 Å². The topological polar surface area (TPSA) is 48.4 Å². The van der Waals surface area contributed by atoms with Crippen molar-refractivity contribution in [3.63, 3.8) is 0 Å². The summed E-state index contributed by atoms with van der Waals surface area (Å²) < 4.78 is 0. The van der Waals surface area contributed by atoms with Gasteiger partial charge in [0.05, 0.1) is 0 Å². The van der Waals surface area contributed by atoms with Gasteiger partial charge in [0.2, 0.25) is 0 Å². The highest BCUT2D eigenvalue weighted by atomic mass is 16.2. The van der Waals surface area contributed by atoms with Crippen LogP contribution < -0.4 is 15.7 Å². The number of rotatable bonds is 2. The van der Waals surface area contributed by atoms with Crippen molar-refractivity contribution in [2.45, 2.75) is 0 Å². The van der Waals surface area contributed by atoms with Crippen LogP contribution in [0.3, 0.4) is 0 Å². The van der Waals surface area contributed by atoms with E-state index in [4.69, 9.17) is 5.02 Å². The predicted molar refractivity (Wildman–Crippen MR) is 56.9 cm³/mol. The van der Waals surface area contributed by atoms with Crippen molar-refractivity contribution in [2.75, 3.05) is 31.1 Å². The Morgan fingerprint density at radius 1 is 1.43 bits per heavy atom. The van der Waals surface area contributed by atoms with Gasteiger partial charge in [0.15, 0.2) is 0 Å². The number of aromatic nitrogens is 1. The second-order valence-corrected chi connectivity index (χ2v) is 3.31. The molecule has 1 radical (unpaired) electrons. The molecule has 1 saturated heterocycles. The molecule has 2 rings (SSSR count). The van der Waals surface area contributed by atoms with Crippen molar-refractivity contribution in [2.24, 2.45) is 0 Å². The van der Waals surface area contributed by atoms with Gasteiger partial charge in [0.1, 0.15) is 5.82 Å². The quantitative estimate of drug-likeness (QED) is 0.571. The Morgan fingerprint density at radius 3 is 2.93 bits per heavy atom. The minimum absolute atomic E-state index is 0.800. The lowest BCUT2D eigenvalue weighted by molar-refractivity contribution is 0.585. The molecular weight excluding hydrogens is 177 g/mol. The summed E-state index contributed by atoms with van der Waals surface area (Å²) in [5, 5.41) is 12.2. The average molecular weight is 190 g/mol. The summed E-state index contributed by atoms with van der Waals surface area (Å²) in [7, 11) is 1.10. The molecule has 73 valence electrons. The maximum absolute atomic E-state index is 8.88. The average Bonchev–Trinajstić information content (AvgIpc) is 2.30. The Labute approximate surface area is 84.2 Å². The number of anilines is 1. The Morgan fingerprint density at radius 2 is 2.21 bits per heavy atom. The lowest BCUT2D eigenvalue weighted by Crippen LogP contribution is -2.44. The van der Waals surface area contributed by atoms with Gasteiger partial charge >= 0.3 is 7.48 Å². The summed E-state index contributed by atoms with van der Waals surface area (Å²) in [6, 6.07) is 3.68. The minimum Gasteiger partial charge on any atom is -0.450 e. The highest BCUT2D eigenvalue weighted by Crippen LogP contribution is 2.07. The van der Waals surface area contributed by atoms with E-state index in [2.05, 4.69) is 15.2 Å². The zero-order valence-electron chi connectivity index (χ0n) is 7.98. The van der Waals surface area contributed by atoms with Crippen molar-refractivity contribution in [3.05, 3.63) is 18.3 Å². The SMILES string of the molecule is O[B]c1ccnc(N2CCNCC2)c1. The molecule has 2 N–H and O–H groups in total. The molecule has 0 bridgehead atoms. The van der Waals surface area contributed by atoms with Crippen LogP contribution in [-0.2, 0) is 0 Å². The molecule has 5 heteroatoms. The van der Waals surface area contributed by atoms with Crippen LogP contribution in [0.1, 0.15) is 0 Å². The van der Waals surface area contributed by atoms with E-state index < -0.39 is 0 Å². The van der Waals surface area contributed by atoms with E-state index in [1.165, 1.54) is 0 Å². The summed E-state index contributed by atoms with van der Waals surface area (Å²) in [5.74, 6) is 0.939. The molecule has 1 aliphatic rings. The second kappa shape index (κ2) is 4.44. The van der Waals surface area contributed by atoms with Crippen molar-refractivity contribution >= 4 is 18.8 Å². The first-order chi connectivity index (χ1) is 6.90. The minimum atomic E-state index is 0.800. The van der Waals surface area contributed by atoms with Crippen molar-refractivity contribution in [3.8, 4) is 0 Å². The first-order valence-electron chi connectivity index (χ1n) is 4.79. The molecule has 1 aliphatic heterocycles. The Bertz CT molecular complexity index is 302. The van der Waals surface area contributed by atoms with Gasteiger partial charge in [-0.3, -0.25) is 0 Å². The smallest absolute Gasteiger partial charge is 0.326 e. The molecule has 0 saturated carbocycles. The van der Waals surface area contributed by atoms with Crippen LogP contribution in [0.2, 0.25) is 0 Å². The molecule has 0 unspecified atom stereocenters. The van der Waals surface area contributed by atoms with E-state index in [1.807, 2.05) is 6.07 Å². The van der Waals surface area contributed by atoms with E-state index in [0.29, 0.717) is 0 Å². The fourth-order valence-electron chi connectivity index (χ4n) is 1.58. The molecule has 2 heterocycles. The molecule has 1 fully saturated rings. The number of hydrogen-bond donors (Lipinski definition) is 2. The van der Waals surface area contributed by atoms with Crippen LogP contribution in [0.15, 0.2) is 18.3 Å². The van der Waals surface area contributed by atoms with Gasteiger partial charge in [-0.05, 0) is 17.6 Å². The van der Waals surface area contributed by atoms with Crippen molar-refractivity contribution in [1.82, 2.24) is 10.3 Å². The Hall–Kier alpha value is -1.07.